The second-order valence-electron chi connectivity index (χ2n) is 5.10. The van der Waals surface area contributed by atoms with Gasteiger partial charge in [-0.05, 0) is 32.9 Å². The number of benzene rings is 1. The molecule has 0 heterocycles. The molecular formula is C15H24NO6PS. The summed E-state index contributed by atoms with van der Waals surface area (Å²) >= 11 is 0. The van der Waals surface area contributed by atoms with Gasteiger partial charge in [-0.25, -0.2) is 13.1 Å². The van der Waals surface area contributed by atoms with E-state index in [1.165, 1.54) is 12.1 Å². The van der Waals surface area contributed by atoms with Crippen molar-refractivity contribution in [3.8, 4) is 0 Å². The van der Waals surface area contributed by atoms with Crippen molar-refractivity contribution < 1.29 is 26.8 Å². The molecule has 136 valence electrons. The molecule has 1 aromatic carbocycles. The summed E-state index contributed by atoms with van der Waals surface area (Å²) in [5.74, 6) is -0.383. The average Bonchev–Trinajstić information content (AvgIpc) is 2.47. The molecule has 0 atom stereocenters. The molecule has 24 heavy (non-hydrogen) atoms. The molecule has 0 spiro atoms. The molecule has 0 saturated heterocycles. The lowest BCUT2D eigenvalue weighted by atomic mass is 10.2. The van der Waals surface area contributed by atoms with E-state index in [0.717, 1.165) is 5.56 Å². The number of Topliss-reactive ketones (excluding diaryl/α,β-unsaturated/α-hetero) is 1. The van der Waals surface area contributed by atoms with E-state index in [4.69, 9.17) is 9.05 Å². The number of rotatable bonds is 11. The molecule has 1 aromatic rings. The minimum Gasteiger partial charge on any atom is -0.309 e. The molecule has 0 bridgehead atoms. The largest absolute Gasteiger partial charge is 0.338 e. The number of nitrogens with one attached hydrogen (secondary N) is 1. The van der Waals surface area contributed by atoms with Gasteiger partial charge in [0.1, 0.15) is 11.9 Å². The smallest absolute Gasteiger partial charge is 0.309 e. The summed E-state index contributed by atoms with van der Waals surface area (Å²) < 4.78 is 48.9. The van der Waals surface area contributed by atoms with Gasteiger partial charge in [-0.2, -0.15) is 0 Å². The molecule has 0 saturated carbocycles. The van der Waals surface area contributed by atoms with Gasteiger partial charge in [-0.15, -0.1) is 0 Å². The summed E-state index contributed by atoms with van der Waals surface area (Å²) in [4.78, 5) is 12.0. The maximum Gasteiger partial charge on any atom is 0.338 e. The standard InChI is InChI=1S/C15H24NO6PS/c1-4-21-23(18,22-5-2)12-14(17)10-11-16-24(19,20)15-8-6-13(3)7-9-15/h6-9,16H,4-5,10-12H2,1-3H3. The van der Waals surface area contributed by atoms with E-state index in [9.17, 15) is 17.8 Å². The Morgan fingerprint density at radius 3 is 2.17 bits per heavy atom. The van der Waals surface area contributed by atoms with Gasteiger partial charge in [0.25, 0.3) is 0 Å². The lowest BCUT2D eigenvalue weighted by Crippen LogP contribution is -2.27. The molecule has 1 rings (SSSR count). The molecule has 0 aliphatic heterocycles. The fraction of sp³-hybridized carbons (Fsp3) is 0.533. The normalized spacial score (nSPS) is 12.3. The van der Waals surface area contributed by atoms with E-state index in [-0.39, 0.29) is 43.0 Å². The lowest BCUT2D eigenvalue weighted by Gasteiger charge is -2.16. The highest BCUT2D eigenvalue weighted by Gasteiger charge is 2.27. The molecule has 0 aliphatic carbocycles. The third-order valence-electron chi connectivity index (χ3n) is 3.05. The third kappa shape index (κ3) is 6.83. The molecule has 0 aliphatic rings. The van der Waals surface area contributed by atoms with Gasteiger partial charge >= 0.3 is 7.60 Å². The Bertz CT molecular complexity index is 676. The number of aryl methyl sites for hydroxylation is 1. The van der Waals surface area contributed by atoms with Crippen molar-refractivity contribution in [2.45, 2.75) is 32.1 Å². The van der Waals surface area contributed by atoms with Crippen LogP contribution in [-0.2, 0) is 28.4 Å². The van der Waals surface area contributed by atoms with E-state index in [1.54, 1.807) is 26.0 Å². The topological polar surface area (TPSA) is 98.8 Å². The van der Waals surface area contributed by atoms with Crippen molar-refractivity contribution in [1.29, 1.82) is 0 Å². The van der Waals surface area contributed by atoms with E-state index in [0.29, 0.717) is 0 Å². The van der Waals surface area contributed by atoms with Crippen LogP contribution in [-0.4, -0.2) is 40.1 Å². The van der Waals surface area contributed by atoms with Gasteiger partial charge < -0.3 is 9.05 Å². The fourth-order valence-electron chi connectivity index (χ4n) is 1.94. The fourth-order valence-corrected chi connectivity index (χ4v) is 4.61. The average molecular weight is 377 g/mol. The summed E-state index contributed by atoms with van der Waals surface area (Å²) in [6.07, 6.45) is -0.448. The number of hydrogen-bond donors (Lipinski definition) is 1. The van der Waals surface area contributed by atoms with Crippen LogP contribution in [0.25, 0.3) is 0 Å². The lowest BCUT2D eigenvalue weighted by molar-refractivity contribution is -0.116. The minimum absolute atomic E-state index is 0.0761. The van der Waals surface area contributed by atoms with Crippen LogP contribution >= 0.6 is 7.60 Å². The summed E-state index contributed by atoms with van der Waals surface area (Å²) in [5.41, 5.74) is 0.951. The number of sulfonamides is 1. The van der Waals surface area contributed by atoms with Crippen molar-refractivity contribution in [1.82, 2.24) is 4.72 Å². The molecule has 7 nitrogen and oxygen atoms in total. The first-order valence-electron chi connectivity index (χ1n) is 7.68. The first-order chi connectivity index (χ1) is 11.2. The van der Waals surface area contributed by atoms with Gasteiger partial charge in [0.15, 0.2) is 0 Å². The van der Waals surface area contributed by atoms with Crippen molar-refractivity contribution in [3.63, 3.8) is 0 Å². The number of carbonyl (C=O) groups is 1. The monoisotopic (exact) mass is 377 g/mol. The SMILES string of the molecule is CCOP(=O)(CC(=O)CCNS(=O)(=O)c1ccc(C)cc1)OCC. The molecule has 1 N–H and O–H groups in total. The second-order valence-corrected chi connectivity index (χ2v) is 8.93. The van der Waals surface area contributed by atoms with Crippen molar-refractivity contribution in [2.75, 3.05) is 25.9 Å². The predicted octanol–water partition coefficient (Wildman–Crippen LogP) is 2.50. The van der Waals surface area contributed by atoms with Gasteiger partial charge in [-0.1, -0.05) is 17.7 Å². The van der Waals surface area contributed by atoms with Gasteiger partial charge in [0, 0.05) is 13.0 Å². The zero-order chi connectivity index (χ0) is 18.2. The van der Waals surface area contributed by atoms with Crippen LogP contribution in [0, 0.1) is 6.92 Å². The maximum absolute atomic E-state index is 12.2. The Morgan fingerprint density at radius 2 is 1.67 bits per heavy atom. The van der Waals surface area contributed by atoms with Crippen LogP contribution in [0.4, 0.5) is 0 Å². The Kier molecular flexibility index (Phi) is 8.26. The highest BCUT2D eigenvalue weighted by molar-refractivity contribution is 7.89. The molecule has 0 radical (unpaired) electrons. The Labute approximate surface area is 143 Å². The number of ketones is 1. The van der Waals surface area contributed by atoms with Crippen molar-refractivity contribution >= 4 is 23.4 Å². The van der Waals surface area contributed by atoms with E-state index >= 15 is 0 Å². The summed E-state index contributed by atoms with van der Waals surface area (Å²) in [5, 5.41) is 0. The van der Waals surface area contributed by atoms with E-state index in [2.05, 4.69) is 4.72 Å². The summed E-state index contributed by atoms with van der Waals surface area (Å²) in [6, 6.07) is 6.38. The van der Waals surface area contributed by atoms with E-state index in [1.807, 2.05) is 6.92 Å². The Hall–Kier alpha value is -1.05. The van der Waals surface area contributed by atoms with Crippen LogP contribution < -0.4 is 4.72 Å². The van der Waals surface area contributed by atoms with Crippen LogP contribution in [0.2, 0.25) is 0 Å². The van der Waals surface area contributed by atoms with Crippen LogP contribution in [0.5, 0.6) is 0 Å². The maximum atomic E-state index is 12.2. The number of carbonyl (C=O) groups excluding carboxylic acids is 1. The zero-order valence-electron chi connectivity index (χ0n) is 14.1. The van der Waals surface area contributed by atoms with Crippen molar-refractivity contribution in [2.24, 2.45) is 0 Å². The predicted molar refractivity (Wildman–Crippen MR) is 91.7 cm³/mol. The molecule has 0 aromatic heterocycles. The Morgan fingerprint density at radius 1 is 1.12 bits per heavy atom. The molecule has 9 heteroatoms. The van der Waals surface area contributed by atoms with Crippen LogP contribution in [0.15, 0.2) is 29.2 Å². The van der Waals surface area contributed by atoms with Gasteiger partial charge in [-0.3, -0.25) is 9.36 Å². The van der Waals surface area contributed by atoms with Crippen molar-refractivity contribution in [3.05, 3.63) is 29.8 Å². The highest BCUT2D eigenvalue weighted by atomic mass is 32.2. The van der Waals surface area contributed by atoms with Crippen LogP contribution in [0.3, 0.4) is 0 Å². The molecule has 0 fully saturated rings. The molecule has 0 amide bonds. The van der Waals surface area contributed by atoms with E-state index < -0.39 is 17.6 Å². The third-order valence-corrected chi connectivity index (χ3v) is 6.57. The zero-order valence-corrected chi connectivity index (χ0v) is 15.9. The molecular weight excluding hydrogens is 353 g/mol. The van der Waals surface area contributed by atoms with Crippen LogP contribution in [0.1, 0.15) is 25.8 Å². The number of hydrogen-bond acceptors (Lipinski definition) is 6. The first kappa shape index (κ1) is 21.0. The Balaban J connectivity index is 2.55. The second kappa shape index (κ2) is 9.44. The first-order valence-corrected chi connectivity index (χ1v) is 10.9. The van der Waals surface area contributed by atoms with Gasteiger partial charge in [0.2, 0.25) is 10.0 Å². The quantitative estimate of drug-likeness (QED) is 0.595. The van der Waals surface area contributed by atoms with Gasteiger partial charge in [0.05, 0.1) is 18.1 Å². The summed E-state index contributed by atoms with van der Waals surface area (Å²) in [6.45, 7) is 5.44. The minimum atomic E-state index is -3.67. The summed E-state index contributed by atoms with van der Waals surface area (Å²) in [7, 11) is -7.12. The molecule has 0 unspecified atom stereocenters. The highest BCUT2D eigenvalue weighted by Crippen LogP contribution is 2.47.